The van der Waals surface area contributed by atoms with Crippen LogP contribution in [0.3, 0.4) is 0 Å². The third kappa shape index (κ3) is 25.9. The molecule has 16 aromatic heterocycles. The number of anilines is 14. The highest BCUT2D eigenvalue weighted by Gasteiger charge is 2.55. The number of benzene rings is 8. The number of aromatic nitrogens is 15. The molecule has 24 aromatic rings. The lowest BCUT2D eigenvalue weighted by molar-refractivity contribution is -0.301. The number of carbonyl (C=O) groups excluding carboxylic acids is 1. The van der Waals surface area contributed by atoms with E-state index in [0.29, 0.717) is 150 Å². The molecule has 0 fully saturated rings. The SMILES string of the molecule is CC(F)(F)C(F)(F)Oc1cccc(Nc2noc3cccnc23)c1.Cc1ccc(Oc2ccc(Nc3noc4cccnc34)cc2Cl)nc1.Cc1cccc(C(=O)c2ccc(Nc3noc4cccnc34)cc2Cl)c1.Clc1cc(Nc2noc3cccnc23)ccc1Oc1cnccn1.Clc1cccc(Nc2coc3cccnc23)c1.Fc1ccc2onc(Nc3cccc(Cl)c3)c2n1.c1ccc(Nc2coc3cccnc23)cc1. The molecule has 150 heavy (non-hydrogen) atoms. The first-order valence-corrected chi connectivity index (χ1v) is 46.7. The Morgan fingerprint density at radius 2 is 0.753 bits per heavy atom. The van der Waals surface area contributed by atoms with Crippen LogP contribution in [-0.2, 0) is 0 Å². The number of nitrogens with one attached hydrogen (secondary N) is 7. The first-order valence-electron chi connectivity index (χ1n) is 44.8. The van der Waals surface area contributed by atoms with Crippen LogP contribution in [0, 0.1) is 19.8 Å². The van der Waals surface area contributed by atoms with Crippen LogP contribution >= 0.6 is 58.0 Å². The maximum Gasteiger partial charge on any atom is 0.463 e. The molecule has 43 heteroatoms. The minimum absolute atomic E-state index is 0.0856. The Balaban J connectivity index is 0.000000115. The third-order valence-corrected chi connectivity index (χ3v) is 22.3. The summed E-state index contributed by atoms with van der Waals surface area (Å²) in [5.41, 5.74) is 18.6. The Labute approximate surface area is 870 Å². The number of hydrogen-bond donors (Lipinski definition) is 7. The van der Waals surface area contributed by atoms with E-state index in [1.165, 1.54) is 36.7 Å². The Hall–Kier alpha value is -18.8. The van der Waals surface area contributed by atoms with Crippen molar-refractivity contribution in [3.63, 3.8) is 0 Å². The van der Waals surface area contributed by atoms with Crippen LogP contribution < -0.4 is 51.4 Å². The number of alkyl halides is 4. The average molecular weight is 2120 g/mol. The molecule has 748 valence electrons. The van der Waals surface area contributed by atoms with Gasteiger partial charge in [0.2, 0.25) is 29.3 Å². The average Bonchev–Trinajstić information content (AvgIpc) is 1.74. The number of rotatable bonds is 23. The normalized spacial score (nSPS) is 11.0. The number of carbonyl (C=O) groups is 1. The van der Waals surface area contributed by atoms with Crippen LogP contribution in [0.2, 0.25) is 25.1 Å². The van der Waals surface area contributed by atoms with Crippen molar-refractivity contribution in [3.05, 3.63) is 407 Å². The molecule has 0 radical (unpaired) electrons. The maximum atomic E-state index is 13.3. The van der Waals surface area contributed by atoms with Crippen LogP contribution in [0.5, 0.6) is 29.0 Å². The number of fused-ring (bicyclic) bond motifs is 7. The van der Waals surface area contributed by atoms with E-state index in [-0.39, 0.29) is 18.5 Å². The van der Waals surface area contributed by atoms with Crippen molar-refractivity contribution in [2.75, 3.05) is 37.2 Å². The molecular formula is C107H74Cl5F5N22O11. The van der Waals surface area contributed by atoms with E-state index in [0.717, 1.165) is 85.3 Å². The fraction of sp³-hybridized carbons (Fsp3) is 0.0467. The lowest BCUT2D eigenvalue weighted by atomic mass is 10.0. The monoisotopic (exact) mass is 2110 g/mol. The minimum Gasteiger partial charge on any atom is -0.460 e. The van der Waals surface area contributed by atoms with Crippen molar-refractivity contribution < 1.29 is 72.4 Å². The number of halogens is 10. The second-order valence-electron chi connectivity index (χ2n) is 31.9. The molecule has 8 aromatic carbocycles. The number of furan rings is 2. The third-order valence-electron chi connectivity index (χ3n) is 21.0. The van der Waals surface area contributed by atoms with Crippen LogP contribution in [0.4, 0.5) is 102 Å². The summed E-state index contributed by atoms with van der Waals surface area (Å²) < 4.78 is 117. The van der Waals surface area contributed by atoms with Gasteiger partial charge in [0.15, 0.2) is 89.9 Å². The van der Waals surface area contributed by atoms with Crippen molar-refractivity contribution in [1.29, 1.82) is 0 Å². The number of hydrogen-bond acceptors (Lipinski definition) is 33. The van der Waals surface area contributed by atoms with Gasteiger partial charge in [-0.25, -0.2) is 34.9 Å². The molecule has 0 saturated carbocycles. The zero-order chi connectivity index (χ0) is 104. The summed E-state index contributed by atoms with van der Waals surface area (Å²) in [6.45, 7) is 4.00. The van der Waals surface area contributed by atoms with Gasteiger partial charge in [-0.05, 0) is 226 Å². The number of nitrogens with zero attached hydrogens (tertiary/aromatic N) is 15. The molecule has 0 aliphatic rings. The second kappa shape index (κ2) is 47.0. The van der Waals surface area contributed by atoms with Crippen molar-refractivity contribution in [3.8, 4) is 29.0 Å². The summed E-state index contributed by atoms with van der Waals surface area (Å²) in [6.07, 6.45) is 15.1. The Bertz CT molecular complexity index is 8800. The number of pyridine rings is 8. The van der Waals surface area contributed by atoms with Gasteiger partial charge in [-0.3, -0.25) is 19.7 Å². The quantitative estimate of drug-likeness (QED) is 0.0178. The molecule has 0 amide bonds. The standard InChI is InChI=1S/C20H14ClN3O2.C18H13ClN4O2.C16H10ClN5O2.C15H11F4N3O2.C13H9ClN2O.C13H10N2O.C12H7ClFN3O/c1-12-4-2-5-13(10-12)19(25)15-8-7-14(11-16(15)21)23-20-18-17(26-24-20)6-3-9-22-18;1-11-4-7-16(21-10-11)24-14-6-5-12(9-13(14)19)22-18-17-15(25-23-18)3-2-8-20-17;17-11-8-10(3-4-12(11)23-14-9-18-6-7-19-14)21-16-15-13(24-22-16)2-1-5-20-15;1-14(16,17)15(18,19)23-10-5-2-4-9(8-10)21-13-12-11(24-22-13)6-3-7-20-12;14-9-3-1-4-10(7-9)16-11-8-17-12-5-2-6-15-13(11)12;1-2-5-10(6-3-1)15-11-9-16-12-7-4-8-14-13(11)12;13-7-2-1-3-8(6-7)15-12-11-9(18-17-12)4-5-10(14)16-11/h2-11H,1H3,(H,23,24);2-10H,1H3,(H,22,23);1-9H,(H,21,22);2-8H,1H3,(H,21,22);1-8,16H;1-9,15H;1-6H,(H,15,17). The van der Waals surface area contributed by atoms with E-state index in [2.05, 4.69) is 118 Å². The first kappa shape index (κ1) is 101. The van der Waals surface area contributed by atoms with Crippen LogP contribution in [0.1, 0.15) is 34.0 Å². The van der Waals surface area contributed by atoms with Crippen LogP contribution in [0.25, 0.3) is 77.7 Å². The molecule has 7 N–H and O–H groups in total. The molecule has 0 spiro atoms. The predicted molar refractivity (Wildman–Crippen MR) is 562 cm³/mol. The van der Waals surface area contributed by atoms with Gasteiger partial charge in [-0.15, -0.1) is 0 Å². The zero-order valence-corrected chi connectivity index (χ0v) is 81.7. The lowest BCUT2D eigenvalue weighted by Crippen LogP contribution is -2.42. The molecule has 16 heterocycles. The summed E-state index contributed by atoms with van der Waals surface area (Å²) in [5, 5.41) is 43.7. The minimum atomic E-state index is -4.63. The largest absolute Gasteiger partial charge is 0.463 e. The van der Waals surface area contributed by atoms with E-state index in [1.807, 2.05) is 129 Å². The number of para-hydroxylation sites is 1. The molecule has 24 rings (SSSR count). The number of ketones is 1. The van der Waals surface area contributed by atoms with Gasteiger partial charge in [0.05, 0.1) is 21.3 Å². The van der Waals surface area contributed by atoms with Gasteiger partial charge in [0, 0.05) is 136 Å². The van der Waals surface area contributed by atoms with E-state index >= 15 is 0 Å². The van der Waals surface area contributed by atoms with E-state index < -0.39 is 23.7 Å². The van der Waals surface area contributed by atoms with Gasteiger partial charge in [-0.1, -0.05) is 150 Å². The summed E-state index contributed by atoms with van der Waals surface area (Å²) in [4.78, 5) is 54.0. The highest BCUT2D eigenvalue weighted by atomic mass is 35.5. The molecule has 0 unspecified atom stereocenters. The van der Waals surface area contributed by atoms with Crippen LogP contribution in [0.15, 0.2) is 385 Å². The molecule has 0 saturated heterocycles. The highest BCUT2D eigenvalue weighted by molar-refractivity contribution is 6.35. The van der Waals surface area contributed by atoms with E-state index in [4.69, 9.17) is 98.9 Å². The van der Waals surface area contributed by atoms with Crippen molar-refractivity contribution >= 4 is 222 Å². The van der Waals surface area contributed by atoms with Gasteiger partial charge in [0.1, 0.15) is 52.2 Å². The van der Waals surface area contributed by atoms with Crippen LogP contribution in [-0.4, -0.2) is 93.4 Å². The Kier molecular flexibility index (Phi) is 31.7. The molecule has 0 aliphatic carbocycles. The number of ether oxygens (including phenoxy) is 3. The maximum absolute atomic E-state index is 13.3. The van der Waals surface area contributed by atoms with Gasteiger partial charge >= 0.3 is 12.0 Å². The summed E-state index contributed by atoms with van der Waals surface area (Å²) in [6, 6.07) is 80.9. The van der Waals surface area contributed by atoms with Gasteiger partial charge in [-0.2, -0.15) is 22.0 Å². The van der Waals surface area contributed by atoms with E-state index in [1.54, 1.807) is 189 Å². The summed E-state index contributed by atoms with van der Waals surface area (Å²) >= 11 is 30.7. The van der Waals surface area contributed by atoms with Crippen molar-refractivity contribution in [2.24, 2.45) is 0 Å². The molecular weight excluding hydrogens is 2040 g/mol. The first-order chi connectivity index (χ1) is 72.8. The second-order valence-corrected chi connectivity index (χ2v) is 34.0. The predicted octanol–water partition coefficient (Wildman–Crippen LogP) is 30.6. The molecule has 33 nitrogen and oxygen atoms in total. The topological polar surface area (TPSA) is 414 Å². The summed E-state index contributed by atoms with van der Waals surface area (Å²) in [5.74, 6) is -1.43. The Morgan fingerprint density at radius 3 is 1.21 bits per heavy atom. The number of aryl methyl sites for hydroxylation is 2. The Morgan fingerprint density at radius 1 is 0.333 bits per heavy atom. The highest BCUT2D eigenvalue weighted by Crippen LogP contribution is 2.41. The smallest absolute Gasteiger partial charge is 0.460 e. The summed E-state index contributed by atoms with van der Waals surface area (Å²) in [7, 11) is 0. The van der Waals surface area contributed by atoms with Gasteiger partial charge < -0.3 is 82.9 Å². The molecule has 0 aliphatic heterocycles. The fourth-order valence-electron chi connectivity index (χ4n) is 13.9. The lowest BCUT2D eigenvalue weighted by Gasteiger charge is -2.23. The fourth-order valence-corrected chi connectivity index (χ4v) is 15.0. The zero-order valence-electron chi connectivity index (χ0n) is 78.0. The van der Waals surface area contributed by atoms with Crippen molar-refractivity contribution in [2.45, 2.75) is 32.8 Å². The van der Waals surface area contributed by atoms with E-state index in [9.17, 15) is 26.7 Å². The molecule has 0 bridgehead atoms. The van der Waals surface area contributed by atoms with Crippen molar-refractivity contribution in [1.82, 2.24) is 75.6 Å². The molecule has 0 atom stereocenters. The van der Waals surface area contributed by atoms with Gasteiger partial charge in [0.25, 0.3) is 0 Å².